The average Bonchev–Trinajstić information content (AvgIpc) is 2.95. The van der Waals surface area contributed by atoms with Crippen molar-refractivity contribution >= 4 is 11.8 Å². The van der Waals surface area contributed by atoms with E-state index in [0.29, 0.717) is 24.3 Å². The van der Waals surface area contributed by atoms with Crippen LogP contribution in [0.4, 0.5) is 0 Å². The number of rotatable bonds is 14. The molecule has 0 aliphatic heterocycles. The Hall–Kier alpha value is -3.72. The zero-order valence-electron chi connectivity index (χ0n) is 22.5. The van der Waals surface area contributed by atoms with Crippen molar-refractivity contribution in [1.29, 1.82) is 0 Å². The molecule has 208 valence electrons. The van der Waals surface area contributed by atoms with Gasteiger partial charge in [0.15, 0.2) is 0 Å². The van der Waals surface area contributed by atoms with Crippen LogP contribution in [0.15, 0.2) is 84.9 Å². The third-order valence-electron chi connectivity index (χ3n) is 6.35. The molecule has 0 radical (unpaired) electrons. The van der Waals surface area contributed by atoms with E-state index in [1.54, 1.807) is 24.3 Å². The van der Waals surface area contributed by atoms with Crippen molar-refractivity contribution in [3.8, 4) is 5.75 Å². The third-order valence-corrected chi connectivity index (χ3v) is 6.35. The average molecular weight is 534 g/mol. The SMILES string of the molecule is CC(C)CC(N)C(=O)NC(Cc1ccc(OCc2ccccc2)cc1)C(=O)NC(CO)C(O)c1ccccc1. The second-order valence-electron chi connectivity index (χ2n) is 10.1. The summed E-state index contributed by atoms with van der Waals surface area (Å²) < 4.78 is 5.85. The Bertz CT molecular complexity index is 1160. The Labute approximate surface area is 230 Å². The van der Waals surface area contributed by atoms with Gasteiger partial charge in [-0.3, -0.25) is 9.59 Å². The first kappa shape index (κ1) is 29.8. The van der Waals surface area contributed by atoms with E-state index in [1.807, 2.05) is 74.5 Å². The number of hydrogen-bond acceptors (Lipinski definition) is 6. The number of amides is 2. The largest absolute Gasteiger partial charge is 0.489 e. The monoisotopic (exact) mass is 533 g/mol. The molecule has 0 bridgehead atoms. The maximum Gasteiger partial charge on any atom is 0.243 e. The molecule has 6 N–H and O–H groups in total. The van der Waals surface area contributed by atoms with Gasteiger partial charge in [-0.1, -0.05) is 86.6 Å². The van der Waals surface area contributed by atoms with Gasteiger partial charge in [0.05, 0.1) is 18.7 Å². The van der Waals surface area contributed by atoms with Gasteiger partial charge in [0, 0.05) is 6.42 Å². The molecule has 4 atom stereocenters. The minimum absolute atomic E-state index is 0.185. The van der Waals surface area contributed by atoms with Crippen molar-refractivity contribution in [2.45, 2.75) is 57.5 Å². The molecule has 0 fully saturated rings. The van der Waals surface area contributed by atoms with Gasteiger partial charge in [0.1, 0.15) is 24.5 Å². The molecule has 0 saturated carbocycles. The number of aliphatic hydroxyl groups is 2. The fraction of sp³-hybridized carbons (Fsp3) is 0.355. The molecule has 3 aromatic rings. The predicted molar refractivity (Wildman–Crippen MR) is 151 cm³/mol. The fourth-order valence-electron chi connectivity index (χ4n) is 4.19. The molecular weight excluding hydrogens is 494 g/mol. The molecule has 39 heavy (non-hydrogen) atoms. The molecule has 0 heterocycles. The van der Waals surface area contributed by atoms with E-state index >= 15 is 0 Å². The summed E-state index contributed by atoms with van der Waals surface area (Å²) in [6.07, 6.45) is -0.467. The molecule has 0 aliphatic rings. The van der Waals surface area contributed by atoms with Crippen molar-refractivity contribution in [3.05, 3.63) is 102 Å². The van der Waals surface area contributed by atoms with Crippen molar-refractivity contribution in [2.75, 3.05) is 6.61 Å². The lowest BCUT2D eigenvalue weighted by Crippen LogP contribution is -2.55. The zero-order chi connectivity index (χ0) is 28.2. The second kappa shape index (κ2) is 15.0. The molecule has 0 saturated heterocycles. The number of hydrogen-bond donors (Lipinski definition) is 5. The van der Waals surface area contributed by atoms with Crippen molar-refractivity contribution in [2.24, 2.45) is 11.7 Å². The van der Waals surface area contributed by atoms with Crippen molar-refractivity contribution in [3.63, 3.8) is 0 Å². The van der Waals surface area contributed by atoms with E-state index in [1.165, 1.54) is 0 Å². The van der Waals surface area contributed by atoms with E-state index in [-0.39, 0.29) is 12.3 Å². The number of aliphatic hydroxyl groups excluding tert-OH is 2. The van der Waals surface area contributed by atoms with Gasteiger partial charge in [0.25, 0.3) is 0 Å². The van der Waals surface area contributed by atoms with Crippen LogP contribution < -0.4 is 21.1 Å². The van der Waals surface area contributed by atoms with Gasteiger partial charge in [-0.25, -0.2) is 0 Å². The molecule has 3 aromatic carbocycles. The van der Waals surface area contributed by atoms with E-state index < -0.39 is 42.7 Å². The highest BCUT2D eigenvalue weighted by atomic mass is 16.5. The number of nitrogens with one attached hydrogen (secondary N) is 2. The zero-order valence-corrected chi connectivity index (χ0v) is 22.5. The molecule has 3 rings (SSSR count). The first-order valence-corrected chi connectivity index (χ1v) is 13.2. The number of nitrogens with two attached hydrogens (primary N) is 1. The summed E-state index contributed by atoms with van der Waals surface area (Å²) in [5.74, 6) is -0.0754. The highest BCUT2D eigenvalue weighted by Crippen LogP contribution is 2.18. The third kappa shape index (κ3) is 9.51. The van der Waals surface area contributed by atoms with Gasteiger partial charge < -0.3 is 31.3 Å². The summed E-state index contributed by atoms with van der Waals surface area (Å²) in [5.41, 5.74) is 8.48. The van der Waals surface area contributed by atoms with Crippen molar-refractivity contribution in [1.82, 2.24) is 10.6 Å². The van der Waals surface area contributed by atoms with Crippen LogP contribution in [0, 0.1) is 5.92 Å². The van der Waals surface area contributed by atoms with Gasteiger partial charge in [-0.2, -0.15) is 0 Å². The highest BCUT2D eigenvalue weighted by Gasteiger charge is 2.29. The highest BCUT2D eigenvalue weighted by molar-refractivity contribution is 5.90. The molecule has 8 nitrogen and oxygen atoms in total. The first-order chi connectivity index (χ1) is 18.8. The molecule has 0 aromatic heterocycles. The van der Waals surface area contributed by atoms with Crippen LogP contribution in [0.1, 0.15) is 43.1 Å². The summed E-state index contributed by atoms with van der Waals surface area (Å²) in [6.45, 7) is 3.88. The smallest absolute Gasteiger partial charge is 0.243 e. The van der Waals surface area contributed by atoms with E-state index in [2.05, 4.69) is 10.6 Å². The van der Waals surface area contributed by atoms with Crippen LogP contribution in [0.5, 0.6) is 5.75 Å². The maximum absolute atomic E-state index is 13.3. The van der Waals surface area contributed by atoms with E-state index in [0.717, 1.165) is 11.1 Å². The summed E-state index contributed by atoms with van der Waals surface area (Å²) >= 11 is 0. The molecule has 0 aliphatic carbocycles. The Morgan fingerprint density at radius 2 is 1.46 bits per heavy atom. The number of benzene rings is 3. The fourth-order valence-corrected chi connectivity index (χ4v) is 4.19. The Kier molecular flexibility index (Phi) is 11.5. The number of carbonyl (C=O) groups excluding carboxylic acids is 2. The Morgan fingerprint density at radius 1 is 0.846 bits per heavy atom. The van der Waals surface area contributed by atoms with Gasteiger partial charge in [-0.15, -0.1) is 0 Å². The lowest BCUT2D eigenvalue weighted by molar-refractivity contribution is -0.130. The molecule has 0 spiro atoms. The summed E-state index contributed by atoms with van der Waals surface area (Å²) in [4.78, 5) is 26.2. The van der Waals surface area contributed by atoms with Crippen LogP contribution in [0.3, 0.4) is 0 Å². The summed E-state index contributed by atoms with van der Waals surface area (Å²) in [5, 5.41) is 26.1. The first-order valence-electron chi connectivity index (χ1n) is 13.2. The molecule has 4 unspecified atom stereocenters. The van der Waals surface area contributed by atoms with Crippen LogP contribution in [-0.2, 0) is 22.6 Å². The summed E-state index contributed by atoms with van der Waals surface area (Å²) in [7, 11) is 0. The molecule has 8 heteroatoms. The van der Waals surface area contributed by atoms with E-state index in [9.17, 15) is 19.8 Å². The van der Waals surface area contributed by atoms with Crippen LogP contribution in [0.2, 0.25) is 0 Å². The number of ether oxygens (including phenoxy) is 1. The predicted octanol–water partition coefficient (Wildman–Crippen LogP) is 2.88. The van der Waals surface area contributed by atoms with Crippen molar-refractivity contribution < 1.29 is 24.5 Å². The van der Waals surface area contributed by atoms with Gasteiger partial charge in [0.2, 0.25) is 11.8 Å². The number of carbonyl (C=O) groups is 2. The summed E-state index contributed by atoms with van der Waals surface area (Å²) in [6, 6.07) is 23.2. The Morgan fingerprint density at radius 3 is 2.05 bits per heavy atom. The molecule has 2 amide bonds. The lowest BCUT2D eigenvalue weighted by atomic mass is 10.00. The van der Waals surface area contributed by atoms with Crippen LogP contribution in [0.25, 0.3) is 0 Å². The van der Waals surface area contributed by atoms with Gasteiger partial charge >= 0.3 is 0 Å². The minimum atomic E-state index is -1.12. The normalized spacial score (nSPS) is 14.2. The minimum Gasteiger partial charge on any atom is -0.489 e. The van der Waals surface area contributed by atoms with Gasteiger partial charge in [-0.05, 0) is 41.2 Å². The quantitative estimate of drug-likeness (QED) is 0.216. The molecular formula is C31H39N3O5. The standard InChI is InChI=1S/C31H39N3O5/c1-21(2)17-26(32)30(37)33-27(31(38)34-28(19-35)29(36)24-11-7-4-8-12-24)18-22-13-15-25(16-14-22)39-20-23-9-5-3-6-10-23/h3-16,21,26-29,35-36H,17-20,32H2,1-2H3,(H,33,37)(H,34,38). The maximum atomic E-state index is 13.3. The van der Waals surface area contributed by atoms with Crippen LogP contribution >= 0.6 is 0 Å². The second-order valence-corrected chi connectivity index (χ2v) is 10.1. The van der Waals surface area contributed by atoms with Crippen LogP contribution in [-0.4, -0.2) is 46.8 Å². The van der Waals surface area contributed by atoms with E-state index in [4.69, 9.17) is 10.5 Å². The Balaban J connectivity index is 1.71. The topological polar surface area (TPSA) is 134 Å². The lowest BCUT2D eigenvalue weighted by Gasteiger charge is -2.27.